The molecule has 1 aliphatic carbocycles. The number of fused-ring (bicyclic) bond motifs is 2. The first kappa shape index (κ1) is 14.8. The van der Waals surface area contributed by atoms with Gasteiger partial charge in [-0.15, -0.1) is 0 Å². The first-order valence-corrected chi connectivity index (χ1v) is 8.90. The quantitative estimate of drug-likeness (QED) is 0.757. The zero-order chi connectivity index (χ0) is 13.8. The van der Waals surface area contributed by atoms with Crippen LogP contribution in [0, 0.1) is 0 Å². The van der Waals surface area contributed by atoms with Crippen molar-refractivity contribution in [3.05, 3.63) is 0 Å². The lowest BCUT2D eigenvalue weighted by atomic mass is 9.98. The average molecular weight is 280 g/mol. The van der Waals surface area contributed by atoms with Gasteiger partial charge in [0.25, 0.3) is 0 Å². The summed E-state index contributed by atoms with van der Waals surface area (Å²) in [4.78, 5) is 2.62. The second-order valence-electron chi connectivity index (χ2n) is 7.16. The smallest absolute Gasteiger partial charge is 0.0575 e. The third-order valence-corrected chi connectivity index (χ3v) is 5.76. The van der Waals surface area contributed by atoms with Crippen molar-refractivity contribution >= 4 is 0 Å². The van der Waals surface area contributed by atoms with Crippen LogP contribution >= 0.6 is 0 Å². The van der Waals surface area contributed by atoms with Gasteiger partial charge in [0.1, 0.15) is 0 Å². The molecular formula is C17H32N2O. The number of rotatable bonds is 6. The summed E-state index contributed by atoms with van der Waals surface area (Å²) in [5.41, 5.74) is 0. The van der Waals surface area contributed by atoms with E-state index in [0.29, 0.717) is 6.10 Å². The fraction of sp³-hybridized carbons (Fsp3) is 1.00. The molecule has 0 aromatic rings. The Hall–Kier alpha value is -0.120. The molecule has 2 unspecified atom stereocenters. The summed E-state index contributed by atoms with van der Waals surface area (Å²) in [6.07, 6.45) is 14.1. The van der Waals surface area contributed by atoms with Crippen LogP contribution in [0.5, 0.6) is 0 Å². The molecule has 0 amide bonds. The van der Waals surface area contributed by atoms with Gasteiger partial charge in [0, 0.05) is 24.7 Å². The molecule has 2 bridgehead atoms. The Bertz CT molecular complexity index is 277. The molecule has 20 heavy (non-hydrogen) atoms. The molecule has 0 aromatic carbocycles. The van der Waals surface area contributed by atoms with Crippen LogP contribution in [0.1, 0.15) is 64.2 Å². The second kappa shape index (κ2) is 7.24. The van der Waals surface area contributed by atoms with Crippen molar-refractivity contribution in [2.45, 2.75) is 88.4 Å². The van der Waals surface area contributed by atoms with E-state index in [-0.39, 0.29) is 0 Å². The van der Waals surface area contributed by atoms with Gasteiger partial charge in [-0.05, 0) is 58.5 Å². The van der Waals surface area contributed by atoms with Gasteiger partial charge in [-0.3, -0.25) is 0 Å². The number of piperidine rings is 1. The molecule has 0 spiro atoms. The van der Waals surface area contributed by atoms with Gasteiger partial charge in [-0.2, -0.15) is 0 Å². The Kier molecular flexibility index (Phi) is 5.36. The van der Waals surface area contributed by atoms with E-state index in [4.69, 9.17) is 4.74 Å². The fourth-order valence-corrected chi connectivity index (χ4v) is 4.44. The Morgan fingerprint density at radius 2 is 1.70 bits per heavy atom. The van der Waals surface area contributed by atoms with Gasteiger partial charge in [0.2, 0.25) is 0 Å². The van der Waals surface area contributed by atoms with Crippen LogP contribution < -0.4 is 5.32 Å². The van der Waals surface area contributed by atoms with Crippen LogP contribution in [0.25, 0.3) is 0 Å². The van der Waals surface area contributed by atoms with Crippen molar-refractivity contribution in [1.82, 2.24) is 10.2 Å². The predicted molar refractivity (Wildman–Crippen MR) is 83.0 cm³/mol. The molecule has 1 saturated carbocycles. The highest BCUT2D eigenvalue weighted by atomic mass is 16.5. The largest absolute Gasteiger partial charge is 0.378 e. The van der Waals surface area contributed by atoms with Crippen molar-refractivity contribution in [3.63, 3.8) is 0 Å². The summed E-state index contributed by atoms with van der Waals surface area (Å²) >= 11 is 0. The van der Waals surface area contributed by atoms with Crippen LogP contribution in [0.15, 0.2) is 0 Å². The number of nitrogens with one attached hydrogen (secondary N) is 1. The summed E-state index contributed by atoms with van der Waals surface area (Å²) in [5.74, 6) is 0. The Morgan fingerprint density at radius 1 is 1.00 bits per heavy atom. The lowest BCUT2D eigenvalue weighted by Crippen LogP contribution is -2.47. The maximum Gasteiger partial charge on any atom is 0.0575 e. The van der Waals surface area contributed by atoms with Crippen molar-refractivity contribution in [1.29, 1.82) is 0 Å². The molecule has 3 nitrogen and oxygen atoms in total. The molecule has 2 aliphatic heterocycles. The van der Waals surface area contributed by atoms with Gasteiger partial charge in [-0.25, -0.2) is 0 Å². The van der Waals surface area contributed by atoms with Crippen molar-refractivity contribution in [2.24, 2.45) is 0 Å². The summed E-state index contributed by atoms with van der Waals surface area (Å²) in [5, 5.41) is 3.77. The summed E-state index contributed by atoms with van der Waals surface area (Å²) in [6.45, 7) is 2.09. The van der Waals surface area contributed by atoms with Crippen molar-refractivity contribution in [2.75, 3.05) is 20.2 Å². The van der Waals surface area contributed by atoms with Crippen molar-refractivity contribution < 1.29 is 4.74 Å². The van der Waals surface area contributed by atoms with Crippen molar-refractivity contribution in [3.8, 4) is 0 Å². The highest BCUT2D eigenvalue weighted by Crippen LogP contribution is 2.34. The Balaban J connectivity index is 1.25. The molecule has 2 heterocycles. The standard InChI is InChI=1S/C17H32N2O/c1-19-15-8-9-16(19)13-14(12-15)18-10-5-11-20-17-6-3-2-4-7-17/h14-18H,2-13H2,1H3. The monoisotopic (exact) mass is 280 g/mol. The second-order valence-corrected chi connectivity index (χ2v) is 7.16. The predicted octanol–water partition coefficient (Wildman–Crippen LogP) is 2.94. The van der Waals surface area contributed by atoms with E-state index < -0.39 is 0 Å². The van der Waals surface area contributed by atoms with Crippen LogP contribution in [0.3, 0.4) is 0 Å². The third kappa shape index (κ3) is 3.75. The van der Waals surface area contributed by atoms with E-state index in [2.05, 4.69) is 17.3 Å². The number of nitrogens with zero attached hydrogens (tertiary/aromatic N) is 1. The van der Waals surface area contributed by atoms with Gasteiger partial charge in [-0.1, -0.05) is 19.3 Å². The molecule has 0 aromatic heterocycles. The topological polar surface area (TPSA) is 24.5 Å². The van der Waals surface area contributed by atoms with Gasteiger partial charge >= 0.3 is 0 Å². The molecule has 0 radical (unpaired) electrons. The van der Waals surface area contributed by atoms with Gasteiger partial charge in [0.15, 0.2) is 0 Å². The summed E-state index contributed by atoms with van der Waals surface area (Å²) in [6, 6.07) is 2.47. The van der Waals surface area contributed by atoms with Gasteiger partial charge < -0.3 is 15.0 Å². The molecule has 1 N–H and O–H groups in total. The maximum absolute atomic E-state index is 6.00. The van der Waals surface area contributed by atoms with E-state index in [1.807, 2.05) is 0 Å². The number of ether oxygens (including phenoxy) is 1. The molecule has 116 valence electrons. The lowest BCUT2D eigenvalue weighted by molar-refractivity contribution is 0.0267. The minimum atomic E-state index is 0.572. The molecule has 3 fully saturated rings. The lowest BCUT2D eigenvalue weighted by Gasteiger charge is -2.36. The number of hydrogen-bond donors (Lipinski definition) is 1. The molecule has 2 atom stereocenters. The molecule has 3 aliphatic rings. The maximum atomic E-state index is 6.00. The Morgan fingerprint density at radius 3 is 2.40 bits per heavy atom. The Labute approximate surface area is 124 Å². The molecule has 3 heteroatoms. The highest BCUT2D eigenvalue weighted by Gasteiger charge is 2.37. The normalized spacial score (nSPS) is 35.5. The van der Waals surface area contributed by atoms with Crippen LogP contribution in [0.2, 0.25) is 0 Å². The average Bonchev–Trinajstić information content (AvgIpc) is 2.70. The fourth-order valence-electron chi connectivity index (χ4n) is 4.44. The minimum absolute atomic E-state index is 0.572. The SMILES string of the molecule is CN1C2CCC1CC(NCCCOC1CCCCC1)C2. The van der Waals surface area contributed by atoms with Gasteiger partial charge in [0.05, 0.1) is 6.10 Å². The van der Waals surface area contributed by atoms with E-state index in [9.17, 15) is 0 Å². The summed E-state index contributed by atoms with van der Waals surface area (Å²) < 4.78 is 6.00. The zero-order valence-corrected chi connectivity index (χ0v) is 13.2. The first-order valence-electron chi connectivity index (χ1n) is 8.90. The zero-order valence-electron chi connectivity index (χ0n) is 13.2. The highest BCUT2D eigenvalue weighted by molar-refractivity contribution is 4.95. The van der Waals surface area contributed by atoms with E-state index >= 15 is 0 Å². The first-order chi connectivity index (χ1) is 9.83. The molecular weight excluding hydrogens is 248 g/mol. The molecule has 3 rings (SSSR count). The summed E-state index contributed by atoms with van der Waals surface area (Å²) in [7, 11) is 2.32. The van der Waals surface area contributed by atoms with Crippen LogP contribution in [0.4, 0.5) is 0 Å². The minimum Gasteiger partial charge on any atom is -0.378 e. The number of hydrogen-bond acceptors (Lipinski definition) is 3. The van der Waals surface area contributed by atoms with E-state index in [1.165, 1.54) is 64.2 Å². The van der Waals surface area contributed by atoms with E-state index in [0.717, 1.165) is 31.3 Å². The van der Waals surface area contributed by atoms with Crippen LogP contribution in [-0.4, -0.2) is 49.3 Å². The van der Waals surface area contributed by atoms with Crippen LogP contribution in [-0.2, 0) is 4.74 Å². The molecule has 2 saturated heterocycles. The third-order valence-electron chi connectivity index (χ3n) is 5.76. The van der Waals surface area contributed by atoms with E-state index in [1.54, 1.807) is 0 Å².